The third-order valence-electron chi connectivity index (χ3n) is 8.63. The maximum atomic E-state index is 13.4. The molecule has 2 saturated heterocycles. The van der Waals surface area contributed by atoms with E-state index in [0.717, 1.165) is 35.5 Å². The molecule has 0 spiro atoms. The topological polar surface area (TPSA) is 115 Å². The van der Waals surface area contributed by atoms with E-state index in [1.807, 2.05) is 25.3 Å². The number of hydrogen-bond acceptors (Lipinski definition) is 8. The van der Waals surface area contributed by atoms with Crippen LogP contribution in [0.15, 0.2) is 11.0 Å². The molecular weight excluding hydrogens is 476 g/mol. The summed E-state index contributed by atoms with van der Waals surface area (Å²) < 4.78 is 12.0. The molecule has 3 heterocycles. The van der Waals surface area contributed by atoms with E-state index < -0.39 is 23.6 Å². The van der Waals surface area contributed by atoms with Crippen LogP contribution < -0.4 is 5.73 Å². The zero-order chi connectivity index (χ0) is 26.8. The monoisotopic (exact) mass is 520 g/mol. The molecule has 3 rings (SSSR count). The van der Waals surface area contributed by atoms with Gasteiger partial charge < -0.3 is 20.3 Å². The third kappa shape index (κ3) is 6.63. The van der Waals surface area contributed by atoms with Crippen LogP contribution in [-0.2, 0) is 25.6 Å². The lowest BCUT2D eigenvalue weighted by Crippen LogP contribution is -2.44. The number of rotatable bonds is 3. The molecule has 0 radical (unpaired) electrons. The number of cyclic esters (lactones) is 1. The number of fused-ring (bicyclic) bond motifs is 1. The van der Waals surface area contributed by atoms with Gasteiger partial charge in [0.15, 0.2) is 0 Å². The normalized spacial score (nSPS) is 36.8. The number of hydrogen-bond donors (Lipinski definition) is 2. The number of epoxide rings is 1. The first-order chi connectivity index (χ1) is 16.8. The second kappa shape index (κ2) is 11.4. The van der Waals surface area contributed by atoms with Crippen LogP contribution in [0.25, 0.3) is 6.08 Å². The van der Waals surface area contributed by atoms with Crippen molar-refractivity contribution in [2.45, 2.75) is 111 Å². The molecule has 202 valence electrons. The van der Waals surface area contributed by atoms with Crippen molar-refractivity contribution in [2.75, 3.05) is 0 Å². The molecule has 0 bridgehead atoms. The van der Waals surface area contributed by atoms with E-state index in [1.54, 1.807) is 13.8 Å². The molecule has 2 aliphatic heterocycles. The second-order valence-corrected chi connectivity index (χ2v) is 12.7. The molecule has 8 heteroatoms. The fourth-order valence-electron chi connectivity index (χ4n) is 5.28. The fourth-order valence-corrected chi connectivity index (χ4v) is 5.91. The molecule has 0 unspecified atom stereocenters. The smallest absolute Gasteiger partial charge is 0.309 e. The summed E-state index contributed by atoms with van der Waals surface area (Å²) in [6.45, 7) is 14.1. The number of nitrogens with zero attached hydrogens (tertiary/aromatic N) is 1. The van der Waals surface area contributed by atoms with Crippen LogP contribution in [-0.4, -0.2) is 45.8 Å². The second-order valence-electron chi connectivity index (χ2n) is 11.7. The van der Waals surface area contributed by atoms with Gasteiger partial charge in [0, 0.05) is 24.3 Å². The van der Waals surface area contributed by atoms with Gasteiger partial charge in [-0.05, 0) is 43.8 Å². The lowest BCUT2D eigenvalue weighted by molar-refractivity contribution is -0.154. The number of carbonyl (C=O) groups excluding carboxylic acids is 2. The summed E-state index contributed by atoms with van der Waals surface area (Å²) >= 11 is 1.50. The predicted octanol–water partition coefficient (Wildman–Crippen LogP) is 4.90. The number of aliphatic hydroxyl groups is 1. The van der Waals surface area contributed by atoms with Crippen LogP contribution >= 0.6 is 11.3 Å². The van der Waals surface area contributed by atoms with Crippen molar-refractivity contribution < 1.29 is 24.2 Å². The number of carbonyl (C=O) groups is 2. The Kier molecular flexibility index (Phi) is 9.18. The van der Waals surface area contributed by atoms with Gasteiger partial charge >= 0.3 is 5.97 Å². The average Bonchev–Trinajstić information content (AvgIpc) is 3.23. The Morgan fingerprint density at radius 1 is 1.28 bits per heavy atom. The first kappa shape index (κ1) is 29.0. The van der Waals surface area contributed by atoms with E-state index in [2.05, 4.69) is 25.8 Å². The molecule has 1 aromatic heterocycles. The van der Waals surface area contributed by atoms with Gasteiger partial charge in [0.2, 0.25) is 0 Å². The number of ketones is 1. The van der Waals surface area contributed by atoms with Crippen molar-refractivity contribution in [1.29, 1.82) is 0 Å². The van der Waals surface area contributed by atoms with E-state index in [4.69, 9.17) is 15.2 Å². The highest BCUT2D eigenvalue weighted by molar-refractivity contribution is 7.09. The van der Waals surface area contributed by atoms with Crippen molar-refractivity contribution in [1.82, 2.24) is 4.98 Å². The summed E-state index contributed by atoms with van der Waals surface area (Å²) in [5.74, 6) is -0.215. The molecule has 0 saturated carbocycles. The first-order valence-electron chi connectivity index (χ1n) is 13.2. The lowest BCUT2D eigenvalue weighted by atomic mass is 9.70. The fraction of sp³-hybridized carbons (Fsp3) is 0.750. The van der Waals surface area contributed by atoms with Gasteiger partial charge in [-0.25, -0.2) is 4.98 Å². The Bertz CT molecular complexity index is 973. The van der Waals surface area contributed by atoms with Gasteiger partial charge in [-0.3, -0.25) is 9.59 Å². The molecule has 0 aromatic carbocycles. The molecule has 0 aliphatic carbocycles. The van der Waals surface area contributed by atoms with Gasteiger partial charge in [0.25, 0.3) is 0 Å². The Morgan fingerprint density at radius 2 is 1.97 bits per heavy atom. The Morgan fingerprint density at radius 3 is 2.61 bits per heavy atom. The summed E-state index contributed by atoms with van der Waals surface area (Å²) in [6.07, 6.45) is 3.52. The van der Waals surface area contributed by atoms with Crippen molar-refractivity contribution in [3.05, 3.63) is 21.7 Å². The predicted molar refractivity (Wildman–Crippen MR) is 142 cm³/mol. The maximum absolute atomic E-state index is 13.4. The number of ether oxygens (including phenoxy) is 2. The van der Waals surface area contributed by atoms with Gasteiger partial charge in [0.1, 0.15) is 16.9 Å². The molecule has 1 aromatic rings. The van der Waals surface area contributed by atoms with Gasteiger partial charge in [-0.1, -0.05) is 47.5 Å². The summed E-state index contributed by atoms with van der Waals surface area (Å²) in [6, 6.07) is 0. The number of aromatic nitrogens is 1. The van der Waals surface area contributed by atoms with Gasteiger partial charge in [0.05, 0.1) is 35.3 Å². The summed E-state index contributed by atoms with van der Waals surface area (Å²) in [5.41, 5.74) is 6.05. The largest absolute Gasteiger partial charge is 0.458 e. The SMILES string of the molecule is C/C(=C\c1csc(CN)n1)[C@@H]1C[C@@H]2O[C@]2(C)CCC[C@H](C)[C@H](C)[C@@H](C)C(=O)C(C)(C)[C@@H](O)CC(=O)O1. The van der Waals surface area contributed by atoms with E-state index in [0.29, 0.717) is 18.9 Å². The third-order valence-corrected chi connectivity index (χ3v) is 9.51. The summed E-state index contributed by atoms with van der Waals surface area (Å²) in [5, 5.41) is 13.7. The highest BCUT2D eigenvalue weighted by Gasteiger charge is 2.53. The van der Waals surface area contributed by atoms with Crippen molar-refractivity contribution in [3.63, 3.8) is 0 Å². The van der Waals surface area contributed by atoms with Crippen LogP contribution in [0.3, 0.4) is 0 Å². The van der Waals surface area contributed by atoms with Crippen molar-refractivity contribution >= 4 is 29.2 Å². The minimum atomic E-state index is -1.13. The Labute approximate surface area is 219 Å². The number of Topliss-reactive ketones (excluding diaryl/α,β-unsaturated/α-hetero) is 1. The van der Waals surface area contributed by atoms with Gasteiger partial charge in [-0.2, -0.15) is 0 Å². The zero-order valence-electron chi connectivity index (χ0n) is 22.9. The van der Waals surface area contributed by atoms with E-state index in [-0.39, 0.29) is 35.7 Å². The Balaban J connectivity index is 1.85. The molecule has 2 fully saturated rings. The van der Waals surface area contributed by atoms with E-state index in [1.165, 1.54) is 11.3 Å². The van der Waals surface area contributed by atoms with Crippen LogP contribution in [0.2, 0.25) is 0 Å². The first-order valence-corrected chi connectivity index (χ1v) is 14.1. The quantitative estimate of drug-likeness (QED) is 0.430. The minimum absolute atomic E-state index is 0.00353. The number of thiazole rings is 1. The van der Waals surface area contributed by atoms with Crippen LogP contribution in [0.1, 0.15) is 91.3 Å². The molecule has 0 amide bonds. The maximum Gasteiger partial charge on any atom is 0.309 e. The lowest BCUT2D eigenvalue weighted by Gasteiger charge is -2.35. The number of nitrogens with two attached hydrogens (primary N) is 1. The molecule has 7 atom stereocenters. The van der Waals surface area contributed by atoms with Crippen molar-refractivity contribution in [3.8, 4) is 0 Å². The Hall–Kier alpha value is -1.61. The molecule has 2 aliphatic rings. The standard InChI is InChI=1S/C28H44N2O5S/c1-16-9-8-10-28(7)23(35-28)12-21(17(2)11-20-15-36-24(14-29)30-20)34-25(32)13-22(31)27(5,6)26(33)19(4)18(16)3/h11,15-16,18-19,21-23,31H,8-10,12-14,29H2,1-7H3/b17-11+/t16-,18-,19+,21-,22-,23-,28+/m0/s1. The van der Waals surface area contributed by atoms with Crippen LogP contribution in [0.5, 0.6) is 0 Å². The van der Waals surface area contributed by atoms with E-state index in [9.17, 15) is 14.7 Å². The van der Waals surface area contributed by atoms with Crippen LogP contribution in [0.4, 0.5) is 0 Å². The molecule has 36 heavy (non-hydrogen) atoms. The minimum Gasteiger partial charge on any atom is -0.458 e. The highest BCUT2D eigenvalue weighted by atomic mass is 32.1. The summed E-state index contributed by atoms with van der Waals surface area (Å²) in [7, 11) is 0. The van der Waals surface area contributed by atoms with Crippen LogP contribution in [0, 0.1) is 23.2 Å². The number of esters is 1. The summed E-state index contributed by atoms with van der Waals surface area (Å²) in [4.78, 5) is 30.9. The van der Waals surface area contributed by atoms with E-state index >= 15 is 0 Å². The molecule has 7 nitrogen and oxygen atoms in total. The highest BCUT2D eigenvalue weighted by Crippen LogP contribution is 2.45. The van der Waals surface area contributed by atoms with Gasteiger partial charge in [-0.15, -0.1) is 11.3 Å². The molecular formula is C28H44N2O5S. The molecule has 3 N–H and O–H groups in total. The number of aliphatic hydroxyl groups excluding tert-OH is 1. The zero-order valence-corrected chi connectivity index (χ0v) is 23.7. The average molecular weight is 521 g/mol. The van der Waals surface area contributed by atoms with Crippen molar-refractivity contribution in [2.24, 2.45) is 28.9 Å².